The molecule has 1 aliphatic heterocycles. The molecule has 0 radical (unpaired) electrons. The zero-order valence-corrected chi connectivity index (χ0v) is 9.48. The van der Waals surface area contributed by atoms with Crippen molar-refractivity contribution in [3.05, 3.63) is 0 Å². The van der Waals surface area contributed by atoms with E-state index in [2.05, 4.69) is 5.01 Å². The average Bonchev–Trinajstić information content (AvgIpc) is 2.43. The van der Waals surface area contributed by atoms with E-state index < -0.39 is 0 Å². The maximum absolute atomic E-state index is 11.7. The average molecular weight is 211 g/mol. The van der Waals surface area contributed by atoms with Crippen LogP contribution < -0.4 is 5.73 Å². The molecule has 1 unspecified atom stereocenters. The lowest BCUT2D eigenvalue weighted by Crippen LogP contribution is -2.50. The van der Waals surface area contributed by atoms with Crippen LogP contribution in [0.3, 0.4) is 0 Å². The van der Waals surface area contributed by atoms with Crippen LogP contribution in [0.25, 0.3) is 0 Å². The van der Waals surface area contributed by atoms with Crippen molar-refractivity contribution in [1.29, 1.82) is 0 Å². The molecule has 2 N–H and O–H groups in total. The lowest BCUT2D eigenvalue weighted by atomic mass is 9.92. The molecular weight excluding hydrogens is 190 g/mol. The van der Waals surface area contributed by atoms with Gasteiger partial charge in [-0.2, -0.15) is 0 Å². The van der Waals surface area contributed by atoms with E-state index in [9.17, 15) is 4.79 Å². The predicted octanol–water partition coefficient (Wildman–Crippen LogP) is 0.726. The van der Waals surface area contributed by atoms with E-state index in [-0.39, 0.29) is 6.04 Å². The van der Waals surface area contributed by atoms with Gasteiger partial charge in [0.25, 0.3) is 0 Å². The molecule has 0 bridgehead atoms. The first-order valence-corrected chi connectivity index (χ1v) is 6.01. The highest BCUT2D eigenvalue weighted by atomic mass is 16.2. The van der Waals surface area contributed by atoms with E-state index in [1.807, 2.05) is 11.9 Å². The van der Waals surface area contributed by atoms with Crippen molar-refractivity contribution in [3.63, 3.8) is 0 Å². The van der Waals surface area contributed by atoms with Crippen LogP contribution in [0.2, 0.25) is 0 Å². The molecule has 0 aromatic heterocycles. The fourth-order valence-corrected chi connectivity index (χ4v) is 2.24. The first-order valence-electron chi connectivity index (χ1n) is 6.01. The van der Waals surface area contributed by atoms with Gasteiger partial charge in [-0.05, 0) is 32.6 Å². The van der Waals surface area contributed by atoms with E-state index in [0.717, 1.165) is 19.5 Å². The summed E-state index contributed by atoms with van der Waals surface area (Å²) in [5.74, 6) is 0.310. The van der Waals surface area contributed by atoms with Crippen LogP contribution in [0.15, 0.2) is 0 Å². The minimum atomic E-state index is 0.226. The third-order valence-corrected chi connectivity index (χ3v) is 3.41. The van der Waals surface area contributed by atoms with Gasteiger partial charge >= 0.3 is 0 Å². The molecule has 1 atom stereocenters. The Balaban J connectivity index is 1.89. The molecule has 4 nitrogen and oxygen atoms in total. The number of hydrogen-bond acceptors (Lipinski definition) is 3. The summed E-state index contributed by atoms with van der Waals surface area (Å²) in [7, 11) is 0. The number of carbonyl (C=O) groups excluding carboxylic acids is 1. The van der Waals surface area contributed by atoms with Gasteiger partial charge in [0.15, 0.2) is 0 Å². The fraction of sp³-hybridized carbons (Fsp3) is 0.909. The van der Waals surface area contributed by atoms with Crippen molar-refractivity contribution in [2.24, 2.45) is 5.73 Å². The Morgan fingerprint density at radius 2 is 2.27 bits per heavy atom. The summed E-state index contributed by atoms with van der Waals surface area (Å²) in [5.41, 5.74) is 5.74. The zero-order chi connectivity index (χ0) is 10.8. The summed E-state index contributed by atoms with van der Waals surface area (Å²) in [6, 6.07) is 0.719. The molecule has 1 aliphatic carbocycles. The standard InChI is InChI=1S/C11H21N3O/c1-9(12)5-7-13-8-6-11(15)14(13)10-3-2-4-10/h9-10H,2-8,12H2,1H3. The van der Waals surface area contributed by atoms with Gasteiger partial charge in [-0.3, -0.25) is 9.80 Å². The highest BCUT2D eigenvalue weighted by Crippen LogP contribution is 2.29. The third kappa shape index (κ3) is 2.32. The van der Waals surface area contributed by atoms with Gasteiger partial charge in [0.1, 0.15) is 0 Å². The molecule has 2 rings (SSSR count). The molecule has 2 aliphatic rings. The Morgan fingerprint density at radius 1 is 1.53 bits per heavy atom. The molecule has 1 saturated carbocycles. The van der Waals surface area contributed by atoms with Gasteiger partial charge in [0.05, 0.1) is 0 Å². The zero-order valence-electron chi connectivity index (χ0n) is 9.48. The van der Waals surface area contributed by atoms with E-state index in [1.54, 1.807) is 0 Å². The summed E-state index contributed by atoms with van der Waals surface area (Å²) in [4.78, 5) is 11.7. The van der Waals surface area contributed by atoms with Crippen LogP contribution in [0.1, 0.15) is 39.0 Å². The van der Waals surface area contributed by atoms with Crippen LogP contribution in [0, 0.1) is 0 Å². The second-order valence-electron chi connectivity index (χ2n) is 4.79. The molecule has 1 amide bonds. The molecule has 15 heavy (non-hydrogen) atoms. The fourth-order valence-electron chi connectivity index (χ4n) is 2.24. The number of nitrogens with zero attached hydrogens (tertiary/aromatic N) is 2. The van der Waals surface area contributed by atoms with Crippen LogP contribution in [-0.2, 0) is 4.79 Å². The second kappa shape index (κ2) is 4.49. The van der Waals surface area contributed by atoms with Crippen LogP contribution in [0.4, 0.5) is 0 Å². The summed E-state index contributed by atoms with van der Waals surface area (Å²) in [6.07, 6.45) is 5.29. The number of nitrogens with two attached hydrogens (primary N) is 1. The van der Waals surface area contributed by atoms with E-state index in [1.165, 1.54) is 19.3 Å². The van der Waals surface area contributed by atoms with Gasteiger partial charge in [-0.25, -0.2) is 5.01 Å². The van der Waals surface area contributed by atoms with Crippen LogP contribution >= 0.6 is 0 Å². The van der Waals surface area contributed by atoms with Crippen molar-refractivity contribution in [2.45, 2.75) is 51.1 Å². The Hall–Kier alpha value is -0.610. The Bertz CT molecular complexity index is 238. The van der Waals surface area contributed by atoms with Gasteiger partial charge < -0.3 is 5.73 Å². The highest BCUT2D eigenvalue weighted by molar-refractivity contribution is 5.78. The molecule has 1 saturated heterocycles. The SMILES string of the molecule is CC(N)CCN1CCC(=O)N1C1CCC1. The lowest BCUT2D eigenvalue weighted by Gasteiger charge is -2.40. The largest absolute Gasteiger partial charge is 0.328 e. The maximum Gasteiger partial charge on any atom is 0.238 e. The van der Waals surface area contributed by atoms with Crippen LogP contribution in [-0.4, -0.2) is 41.1 Å². The summed E-state index contributed by atoms with van der Waals surface area (Å²) < 4.78 is 0. The van der Waals surface area contributed by atoms with Crippen molar-refractivity contribution in [1.82, 2.24) is 10.0 Å². The first-order chi connectivity index (χ1) is 7.18. The number of amides is 1. The smallest absolute Gasteiger partial charge is 0.238 e. The second-order valence-corrected chi connectivity index (χ2v) is 4.79. The summed E-state index contributed by atoms with van der Waals surface area (Å²) in [5, 5.41) is 4.21. The third-order valence-electron chi connectivity index (χ3n) is 3.41. The maximum atomic E-state index is 11.7. The monoisotopic (exact) mass is 211 g/mol. The minimum absolute atomic E-state index is 0.226. The molecule has 2 fully saturated rings. The topological polar surface area (TPSA) is 49.6 Å². The summed E-state index contributed by atoms with van der Waals surface area (Å²) >= 11 is 0. The number of hydrazine groups is 1. The quantitative estimate of drug-likeness (QED) is 0.745. The Kier molecular flexibility index (Phi) is 3.26. The summed E-state index contributed by atoms with van der Waals surface area (Å²) in [6.45, 7) is 3.84. The Morgan fingerprint density at radius 3 is 2.80 bits per heavy atom. The Labute approximate surface area is 91.4 Å². The lowest BCUT2D eigenvalue weighted by molar-refractivity contribution is -0.146. The van der Waals surface area contributed by atoms with Crippen molar-refractivity contribution < 1.29 is 4.79 Å². The minimum Gasteiger partial charge on any atom is -0.328 e. The van der Waals surface area contributed by atoms with E-state index >= 15 is 0 Å². The van der Waals surface area contributed by atoms with Crippen molar-refractivity contribution in [2.75, 3.05) is 13.1 Å². The van der Waals surface area contributed by atoms with E-state index in [0.29, 0.717) is 18.4 Å². The number of rotatable bonds is 4. The molecule has 4 heteroatoms. The molecular formula is C11H21N3O. The number of carbonyl (C=O) groups is 1. The normalized spacial score (nSPS) is 25.7. The van der Waals surface area contributed by atoms with Crippen LogP contribution in [0.5, 0.6) is 0 Å². The van der Waals surface area contributed by atoms with Gasteiger partial charge in [0, 0.05) is 31.6 Å². The molecule has 86 valence electrons. The number of hydrogen-bond donors (Lipinski definition) is 1. The van der Waals surface area contributed by atoms with E-state index in [4.69, 9.17) is 5.73 Å². The van der Waals surface area contributed by atoms with Crippen molar-refractivity contribution in [3.8, 4) is 0 Å². The first kappa shape index (κ1) is 10.9. The van der Waals surface area contributed by atoms with Gasteiger partial charge in [-0.1, -0.05) is 0 Å². The van der Waals surface area contributed by atoms with Gasteiger partial charge in [0.2, 0.25) is 5.91 Å². The molecule has 0 aromatic carbocycles. The molecule has 0 spiro atoms. The van der Waals surface area contributed by atoms with Crippen molar-refractivity contribution >= 4 is 5.91 Å². The van der Waals surface area contributed by atoms with Gasteiger partial charge in [-0.15, -0.1) is 0 Å². The highest BCUT2D eigenvalue weighted by Gasteiger charge is 2.36. The molecule has 1 heterocycles. The molecule has 0 aromatic rings. The predicted molar refractivity (Wildman–Crippen MR) is 58.9 cm³/mol.